The summed E-state index contributed by atoms with van der Waals surface area (Å²) in [7, 11) is 3.17. The van der Waals surface area contributed by atoms with Crippen molar-refractivity contribution in [3.63, 3.8) is 0 Å². The number of hydrogen-bond donors (Lipinski definition) is 0. The third-order valence-electron chi connectivity index (χ3n) is 5.32. The molecule has 1 aliphatic rings. The molecule has 0 spiro atoms. The van der Waals surface area contributed by atoms with Crippen LogP contribution >= 0.6 is 0 Å². The lowest BCUT2D eigenvalue weighted by Crippen LogP contribution is -2.44. The summed E-state index contributed by atoms with van der Waals surface area (Å²) in [6.07, 6.45) is 2.18. The fourth-order valence-corrected chi connectivity index (χ4v) is 3.85. The number of carbonyl (C=O) groups is 1. The number of carbonyl (C=O) groups excluding carboxylic acids is 1. The molecule has 0 aliphatic carbocycles. The Morgan fingerprint density at radius 3 is 2.34 bits per heavy atom. The summed E-state index contributed by atoms with van der Waals surface area (Å²) in [5, 5.41) is 4.43. The van der Waals surface area contributed by atoms with Crippen molar-refractivity contribution >= 4 is 11.9 Å². The molecule has 2 aromatic carbocycles. The lowest BCUT2D eigenvalue weighted by Gasteiger charge is -2.39. The monoisotopic (exact) mass is 392 g/mol. The molecule has 7 nitrogen and oxygen atoms in total. The Bertz CT molecular complexity index is 982. The molecule has 1 amide bonds. The van der Waals surface area contributed by atoms with E-state index in [1.54, 1.807) is 12.0 Å². The van der Waals surface area contributed by atoms with Crippen LogP contribution in [0, 0.1) is 6.92 Å². The van der Waals surface area contributed by atoms with Crippen molar-refractivity contribution in [1.82, 2.24) is 14.8 Å². The molecule has 2 heterocycles. The number of methoxy groups -OCH3 is 2. The van der Waals surface area contributed by atoms with Crippen molar-refractivity contribution in [2.45, 2.75) is 25.4 Å². The van der Waals surface area contributed by atoms with E-state index >= 15 is 0 Å². The lowest BCUT2D eigenvalue weighted by molar-refractivity contribution is -0.123. The molecule has 0 fully saturated rings. The second-order valence-electron chi connectivity index (χ2n) is 7.15. The molecule has 150 valence electrons. The van der Waals surface area contributed by atoms with Crippen LogP contribution in [0.1, 0.15) is 35.2 Å². The number of ether oxygens (including phenoxy) is 2. The van der Waals surface area contributed by atoms with Gasteiger partial charge in [-0.15, -0.1) is 0 Å². The summed E-state index contributed by atoms with van der Waals surface area (Å²) < 4.78 is 12.2. The van der Waals surface area contributed by atoms with E-state index < -0.39 is 0 Å². The molecule has 1 aromatic heterocycles. The number of fused-ring (bicyclic) bond motifs is 1. The van der Waals surface area contributed by atoms with E-state index in [0.29, 0.717) is 12.4 Å². The van der Waals surface area contributed by atoms with Crippen molar-refractivity contribution in [3.8, 4) is 5.75 Å². The van der Waals surface area contributed by atoms with Gasteiger partial charge in [-0.25, -0.2) is 4.68 Å². The molecule has 7 heteroatoms. The van der Waals surface area contributed by atoms with Gasteiger partial charge < -0.3 is 9.47 Å². The van der Waals surface area contributed by atoms with Gasteiger partial charge in [-0.2, -0.15) is 10.1 Å². The first-order valence-corrected chi connectivity index (χ1v) is 9.53. The Hall–Kier alpha value is -3.19. The van der Waals surface area contributed by atoms with E-state index in [-0.39, 0.29) is 24.6 Å². The molecule has 0 saturated heterocycles. The van der Waals surface area contributed by atoms with Gasteiger partial charge in [-0.3, -0.25) is 9.69 Å². The highest BCUT2D eigenvalue weighted by Gasteiger charge is 2.39. The summed E-state index contributed by atoms with van der Waals surface area (Å²) in [5.41, 5.74) is 3.33. The van der Waals surface area contributed by atoms with Crippen LogP contribution in [-0.2, 0) is 9.53 Å². The third kappa shape index (κ3) is 3.61. The van der Waals surface area contributed by atoms with Crippen molar-refractivity contribution in [2.24, 2.45) is 0 Å². The zero-order chi connectivity index (χ0) is 20.4. The second-order valence-corrected chi connectivity index (χ2v) is 7.15. The third-order valence-corrected chi connectivity index (χ3v) is 5.32. The smallest absolute Gasteiger partial charge is 0.255 e. The van der Waals surface area contributed by atoms with Crippen LogP contribution in [0.4, 0.5) is 5.95 Å². The van der Waals surface area contributed by atoms with Crippen molar-refractivity contribution in [2.75, 3.05) is 25.7 Å². The van der Waals surface area contributed by atoms with E-state index in [1.165, 1.54) is 19.0 Å². The highest BCUT2D eigenvalue weighted by atomic mass is 16.5. The van der Waals surface area contributed by atoms with E-state index in [9.17, 15) is 4.79 Å². The average molecular weight is 392 g/mol. The van der Waals surface area contributed by atoms with Gasteiger partial charge in [0.25, 0.3) is 5.91 Å². The number of benzene rings is 2. The number of amides is 1. The molecule has 0 unspecified atom stereocenters. The molecule has 0 N–H and O–H groups in total. The van der Waals surface area contributed by atoms with Gasteiger partial charge in [0.05, 0.1) is 19.2 Å². The fraction of sp³-hybridized carbons (Fsp3) is 0.318. The molecule has 4 rings (SSSR count). The van der Waals surface area contributed by atoms with Gasteiger partial charge in [0.15, 0.2) is 0 Å². The van der Waals surface area contributed by atoms with Crippen LogP contribution in [0.5, 0.6) is 5.75 Å². The number of hydrogen-bond acceptors (Lipinski definition) is 5. The van der Waals surface area contributed by atoms with Crippen LogP contribution in [0.15, 0.2) is 54.9 Å². The van der Waals surface area contributed by atoms with Crippen molar-refractivity contribution in [1.29, 1.82) is 0 Å². The average Bonchev–Trinajstić information content (AvgIpc) is 3.23. The molecular formula is C22H24N4O3. The van der Waals surface area contributed by atoms with Crippen LogP contribution in [0.25, 0.3) is 0 Å². The summed E-state index contributed by atoms with van der Waals surface area (Å²) in [6.45, 7) is 2.04. The van der Waals surface area contributed by atoms with E-state index in [4.69, 9.17) is 9.47 Å². The Balaban J connectivity index is 1.79. The van der Waals surface area contributed by atoms with Crippen molar-refractivity contribution in [3.05, 3.63) is 71.5 Å². The van der Waals surface area contributed by atoms with Crippen LogP contribution < -0.4 is 9.64 Å². The molecule has 0 radical (unpaired) electrons. The maximum atomic E-state index is 12.9. The standard InChI is InChI=1S/C22H24N4O3/c1-15-4-6-16(7-5-15)19-12-20(17-8-10-18(29-3)11-9-17)26-22(23-14-24-26)25(19)21(27)13-28-2/h4-11,14,19-20H,12-13H2,1-3H3/t19-,20-/m0/s1. The SMILES string of the molecule is COCC(=O)N1c2ncnn2[C@H](c2ccc(OC)cc2)C[C@H]1c1ccc(C)cc1. The zero-order valence-electron chi connectivity index (χ0n) is 16.8. The topological polar surface area (TPSA) is 69.5 Å². The highest BCUT2D eigenvalue weighted by molar-refractivity contribution is 5.93. The van der Waals surface area contributed by atoms with Gasteiger partial charge in [0.1, 0.15) is 18.7 Å². The molecule has 0 bridgehead atoms. The van der Waals surface area contributed by atoms with Crippen LogP contribution in [-0.4, -0.2) is 41.5 Å². The fourth-order valence-electron chi connectivity index (χ4n) is 3.85. The molecule has 3 aromatic rings. The Morgan fingerprint density at radius 2 is 1.69 bits per heavy atom. The molecule has 0 saturated carbocycles. The second kappa shape index (κ2) is 8.05. The number of nitrogens with zero attached hydrogens (tertiary/aromatic N) is 4. The minimum Gasteiger partial charge on any atom is -0.497 e. The highest BCUT2D eigenvalue weighted by Crippen LogP contribution is 2.42. The largest absolute Gasteiger partial charge is 0.497 e. The first-order valence-electron chi connectivity index (χ1n) is 9.53. The minimum atomic E-state index is -0.165. The number of aromatic nitrogens is 3. The van der Waals surface area contributed by atoms with Gasteiger partial charge in [-0.1, -0.05) is 42.0 Å². The Kier molecular flexibility index (Phi) is 5.31. The lowest BCUT2D eigenvalue weighted by atomic mass is 9.91. The molecule has 29 heavy (non-hydrogen) atoms. The predicted octanol–water partition coefficient (Wildman–Crippen LogP) is 3.31. The maximum Gasteiger partial charge on any atom is 0.255 e. The zero-order valence-corrected chi connectivity index (χ0v) is 16.8. The van der Waals surface area contributed by atoms with Crippen LogP contribution in [0.3, 0.4) is 0 Å². The predicted molar refractivity (Wildman–Crippen MR) is 109 cm³/mol. The van der Waals surface area contributed by atoms with E-state index in [2.05, 4.69) is 41.3 Å². The number of anilines is 1. The maximum absolute atomic E-state index is 12.9. The Labute approximate surface area is 169 Å². The molecular weight excluding hydrogens is 368 g/mol. The Morgan fingerprint density at radius 1 is 1.03 bits per heavy atom. The summed E-state index contributed by atoms with van der Waals surface area (Å²) in [5.74, 6) is 1.19. The van der Waals surface area contributed by atoms with Gasteiger partial charge in [0, 0.05) is 7.11 Å². The first-order chi connectivity index (χ1) is 14.1. The van der Waals surface area contributed by atoms with Crippen molar-refractivity contribution < 1.29 is 14.3 Å². The normalized spacial score (nSPS) is 18.4. The van der Waals surface area contributed by atoms with Gasteiger partial charge >= 0.3 is 0 Å². The van der Waals surface area contributed by atoms with Gasteiger partial charge in [-0.05, 0) is 36.6 Å². The summed E-state index contributed by atoms with van der Waals surface area (Å²) >= 11 is 0. The molecule has 2 atom stereocenters. The number of rotatable bonds is 5. The summed E-state index contributed by atoms with van der Waals surface area (Å²) in [6, 6.07) is 16.0. The number of aryl methyl sites for hydroxylation is 1. The first kappa shape index (κ1) is 19.1. The minimum absolute atomic E-state index is 0.0115. The quantitative estimate of drug-likeness (QED) is 0.666. The van der Waals surface area contributed by atoms with E-state index in [0.717, 1.165) is 16.9 Å². The molecule has 1 aliphatic heterocycles. The van der Waals surface area contributed by atoms with Crippen LogP contribution in [0.2, 0.25) is 0 Å². The van der Waals surface area contributed by atoms with E-state index in [1.807, 2.05) is 28.9 Å². The summed E-state index contributed by atoms with van der Waals surface area (Å²) in [4.78, 5) is 19.1. The van der Waals surface area contributed by atoms with Gasteiger partial charge in [0.2, 0.25) is 5.95 Å².